The number of hydrogen-bond donors (Lipinski definition) is 2. The van der Waals surface area contributed by atoms with Crippen molar-refractivity contribution in [2.45, 2.75) is 65.0 Å². The molecular weight excluding hydrogens is 706 g/mol. The van der Waals surface area contributed by atoms with E-state index < -0.39 is 23.9 Å². The third-order valence-corrected chi connectivity index (χ3v) is 9.73. The normalized spacial score (nSPS) is 14.1. The molecule has 0 radical (unpaired) electrons. The summed E-state index contributed by atoms with van der Waals surface area (Å²) in [6.07, 6.45) is 5.93. The number of rotatable bonds is 19. The van der Waals surface area contributed by atoms with Crippen LogP contribution in [0.4, 0.5) is 21.0 Å². The molecule has 1 saturated heterocycles. The first-order chi connectivity index (χ1) is 26.2. The number of halogens is 1. The summed E-state index contributed by atoms with van der Waals surface area (Å²) in [7, 11) is 1.59. The first-order valence-electron chi connectivity index (χ1n) is 19.0. The number of amides is 6. The smallest absolute Gasteiger partial charge is 0.329 e. The van der Waals surface area contributed by atoms with E-state index in [0.717, 1.165) is 44.1 Å². The third kappa shape index (κ3) is 12.1. The highest BCUT2D eigenvalue weighted by atomic mass is 35.5. The number of nitrogens with one attached hydrogen (secondary N) is 1. The number of piperazine rings is 1. The van der Waals surface area contributed by atoms with Gasteiger partial charge in [-0.1, -0.05) is 93.6 Å². The second-order valence-corrected chi connectivity index (χ2v) is 14.0. The summed E-state index contributed by atoms with van der Waals surface area (Å²) in [6, 6.07) is 22.2. The number of nitrogens with zero attached hydrogens (tertiary/aromatic N) is 5. The number of para-hydroxylation sites is 2. The Hall–Kier alpha value is -4.81. The summed E-state index contributed by atoms with van der Waals surface area (Å²) < 4.78 is 5.50. The third-order valence-electron chi connectivity index (χ3n) is 9.50. The molecule has 0 aliphatic carbocycles. The van der Waals surface area contributed by atoms with Gasteiger partial charge < -0.3 is 30.5 Å². The molecule has 3 aromatic rings. The van der Waals surface area contributed by atoms with Gasteiger partial charge in [-0.25, -0.2) is 9.59 Å². The summed E-state index contributed by atoms with van der Waals surface area (Å²) in [5.74, 6) is -0.225. The molecule has 6 amide bonds. The van der Waals surface area contributed by atoms with Crippen molar-refractivity contribution >= 4 is 46.9 Å². The summed E-state index contributed by atoms with van der Waals surface area (Å²) in [5.41, 5.74) is 7.63. The highest BCUT2D eigenvalue weighted by Gasteiger charge is 2.40. The lowest BCUT2D eigenvalue weighted by Crippen LogP contribution is -2.64. The molecule has 0 saturated carbocycles. The number of primary amides is 1. The van der Waals surface area contributed by atoms with Crippen LogP contribution < -0.4 is 20.7 Å². The number of methoxy groups -OCH3 is 1. The summed E-state index contributed by atoms with van der Waals surface area (Å²) in [6.45, 7) is 6.82. The highest BCUT2D eigenvalue weighted by molar-refractivity contribution is 6.31. The van der Waals surface area contributed by atoms with Crippen molar-refractivity contribution < 1.29 is 23.9 Å². The maximum Gasteiger partial charge on any atom is 0.329 e. The molecule has 12 nitrogen and oxygen atoms in total. The molecule has 0 aromatic heterocycles. The van der Waals surface area contributed by atoms with E-state index in [1.165, 1.54) is 0 Å². The Bertz CT molecular complexity index is 1650. The average molecular weight is 762 g/mol. The van der Waals surface area contributed by atoms with Crippen LogP contribution in [0.25, 0.3) is 0 Å². The van der Waals surface area contributed by atoms with Gasteiger partial charge >= 0.3 is 12.1 Å². The second-order valence-electron chi connectivity index (χ2n) is 13.6. The van der Waals surface area contributed by atoms with E-state index in [0.29, 0.717) is 48.3 Å². The number of nitrogens with two attached hydrogens (primary N) is 1. The van der Waals surface area contributed by atoms with Crippen molar-refractivity contribution in [3.8, 4) is 5.75 Å². The van der Waals surface area contributed by atoms with Gasteiger partial charge in [-0.2, -0.15) is 0 Å². The predicted octanol–water partition coefficient (Wildman–Crippen LogP) is 6.50. The van der Waals surface area contributed by atoms with Gasteiger partial charge in [-0.3, -0.25) is 19.4 Å². The van der Waals surface area contributed by atoms with Gasteiger partial charge in [0, 0.05) is 56.4 Å². The quantitative estimate of drug-likeness (QED) is 0.134. The molecule has 292 valence electrons. The Labute approximate surface area is 325 Å². The fourth-order valence-corrected chi connectivity index (χ4v) is 6.86. The van der Waals surface area contributed by atoms with E-state index in [-0.39, 0.29) is 38.8 Å². The zero-order valence-corrected chi connectivity index (χ0v) is 32.7. The fourth-order valence-electron chi connectivity index (χ4n) is 6.67. The maximum absolute atomic E-state index is 14.7. The van der Waals surface area contributed by atoms with Crippen LogP contribution in [0.3, 0.4) is 0 Å². The van der Waals surface area contributed by atoms with Gasteiger partial charge in [-0.15, -0.1) is 0 Å². The lowest BCUT2D eigenvalue weighted by atomic mass is 10.1. The summed E-state index contributed by atoms with van der Waals surface area (Å²) in [5, 5.41) is 3.47. The minimum atomic E-state index is -0.993. The average Bonchev–Trinajstić information content (AvgIpc) is 3.17. The SMILES string of the molecule is CCCCCN(CCCCC)C(=O)N1CCN(C(=O)N(c2ccccc2)c2cccc(Cl)c2)C(C(=O)NCCN(CC(N)=O)Cc2ccccc2OC)C1. The Balaban J connectivity index is 1.60. The molecule has 1 heterocycles. The molecule has 0 bridgehead atoms. The van der Waals surface area contributed by atoms with Crippen molar-refractivity contribution in [2.24, 2.45) is 5.73 Å². The minimum absolute atomic E-state index is 0.0260. The number of unbranched alkanes of at least 4 members (excludes halogenated alkanes) is 4. The molecular formula is C41H56ClN7O5. The number of carbonyl (C=O) groups is 4. The molecule has 4 rings (SSSR count). The maximum atomic E-state index is 14.7. The molecule has 13 heteroatoms. The van der Waals surface area contributed by atoms with E-state index in [4.69, 9.17) is 22.1 Å². The Kier molecular flexibility index (Phi) is 16.9. The van der Waals surface area contributed by atoms with Crippen LogP contribution in [-0.4, -0.2) is 109 Å². The fraction of sp³-hybridized carbons (Fsp3) is 0.463. The lowest BCUT2D eigenvalue weighted by Gasteiger charge is -2.43. The number of carbonyl (C=O) groups excluding carboxylic acids is 4. The van der Waals surface area contributed by atoms with E-state index in [9.17, 15) is 19.2 Å². The molecule has 1 aliphatic heterocycles. The largest absolute Gasteiger partial charge is 0.496 e. The van der Waals surface area contributed by atoms with Gasteiger partial charge in [0.2, 0.25) is 11.8 Å². The zero-order chi connectivity index (χ0) is 38.9. The molecule has 1 aliphatic rings. The summed E-state index contributed by atoms with van der Waals surface area (Å²) in [4.78, 5) is 63.6. The van der Waals surface area contributed by atoms with Gasteiger partial charge in [0.1, 0.15) is 11.8 Å². The summed E-state index contributed by atoms with van der Waals surface area (Å²) >= 11 is 6.40. The number of urea groups is 2. The topological polar surface area (TPSA) is 132 Å². The Morgan fingerprint density at radius 1 is 0.833 bits per heavy atom. The Morgan fingerprint density at radius 2 is 1.50 bits per heavy atom. The van der Waals surface area contributed by atoms with Crippen LogP contribution in [0.1, 0.15) is 57.9 Å². The number of benzene rings is 3. The number of hydrogen-bond acceptors (Lipinski definition) is 6. The van der Waals surface area contributed by atoms with Crippen LogP contribution in [0, 0.1) is 0 Å². The second kappa shape index (κ2) is 21.8. The number of anilines is 2. The van der Waals surface area contributed by atoms with Crippen molar-refractivity contribution in [1.29, 1.82) is 0 Å². The van der Waals surface area contributed by atoms with Crippen molar-refractivity contribution in [3.63, 3.8) is 0 Å². The van der Waals surface area contributed by atoms with E-state index >= 15 is 0 Å². The van der Waals surface area contributed by atoms with E-state index in [2.05, 4.69) is 19.2 Å². The monoisotopic (exact) mass is 761 g/mol. The predicted molar refractivity (Wildman–Crippen MR) is 214 cm³/mol. The molecule has 0 spiro atoms. The number of ether oxygens (including phenoxy) is 1. The van der Waals surface area contributed by atoms with Crippen molar-refractivity contribution in [1.82, 2.24) is 24.9 Å². The van der Waals surface area contributed by atoms with E-state index in [1.54, 1.807) is 46.1 Å². The molecule has 1 atom stereocenters. The molecule has 54 heavy (non-hydrogen) atoms. The molecule has 3 N–H and O–H groups in total. The highest BCUT2D eigenvalue weighted by Crippen LogP contribution is 2.30. The lowest BCUT2D eigenvalue weighted by molar-refractivity contribution is -0.127. The molecule has 3 aromatic carbocycles. The standard InChI is InChI=1S/C41H56ClN7O5/c1-4-6-13-23-46(24-14-7-5-2)40(52)47-26-27-48(41(53)49(34-18-9-8-10-19-34)35-20-15-17-33(42)28-35)36(30-47)39(51)44-22-25-45(31-38(43)50)29-32-16-11-12-21-37(32)54-3/h8-12,15-21,28,36H,4-7,13-14,22-27,29-31H2,1-3H3,(H2,43,50)(H,44,51). The van der Waals surface area contributed by atoms with Crippen LogP contribution in [0.2, 0.25) is 5.02 Å². The van der Waals surface area contributed by atoms with Crippen LogP contribution in [-0.2, 0) is 16.1 Å². The van der Waals surface area contributed by atoms with Crippen LogP contribution in [0.15, 0.2) is 78.9 Å². The van der Waals surface area contributed by atoms with Crippen LogP contribution >= 0.6 is 11.6 Å². The minimum Gasteiger partial charge on any atom is -0.496 e. The first-order valence-corrected chi connectivity index (χ1v) is 19.4. The Morgan fingerprint density at radius 3 is 2.15 bits per heavy atom. The van der Waals surface area contributed by atoms with Crippen molar-refractivity contribution in [3.05, 3.63) is 89.4 Å². The van der Waals surface area contributed by atoms with Gasteiger partial charge in [0.05, 0.1) is 31.6 Å². The van der Waals surface area contributed by atoms with Gasteiger partial charge in [0.15, 0.2) is 0 Å². The van der Waals surface area contributed by atoms with Gasteiger partial charge in [-0.05, 0) is 49.2 Å². The van der Waals surface area contributed by atoms with Gasteiger partial charge in [0.25, 0.3) is 0 Å². The first kappa shape index (κ1) is 41.9. The van der Waals surface area contributed by atoms with Crippen molar-refractivity contribution in [2.75, 3.05) is 64.4 Å². The molecule has 1 unspecified atom stereocenters. The molecule has 1 fully saturated rings. The van der Waals surface area contributed by atoms with Crippen LogP contribution in [0.5, 0.6) is 5.75 Å². The zero-order valence-electron chi connectivity index (χ0n) is 31.9. The van der Waals surface area contributed by atoms with E-state index in [1.807, 2.05) is 64.4 Å².